The Morgan fingerprint density at radius 3 is 2.45 bits per heavy atom. The molecule has 0 aliphatic rings. The maximum absolute atomic E-state index is 9.58. The summed E-state index contributed by atoms with van der Waals surface area (Å²) in [5.74, 6) is 0. The Labute approximate surface area is 121 Å². The van der Waals surface area contributed by atoms with Crippen LogP contribution in [-0.4, -0.2) is 17.8 Å². The molecule has 2 aromatic carbocycles. The highest BCUT2D eigenvalue weighted by atomic mass is 16.3. The van der Waals surface area contributed by atoms with E-state index in [9.17, 15) is 5.11 Å². The van der Waals surface area contributed by atoms with E-state index in [1.807, 2.05) is 18.2 Å². The van der Waals surface area contributed by atoms with Crippen LogP contribution in [-0.2, 0) is 6.42 Å². The van der Waals surface area contributed by atoms with E-state index in [2.05, 4.69) is 55.6 Å². The molecule has 0 aliphatic carbocycles. The van der Waals surface area contributed by atoms with Gasteiger partial charge in [-0.05, 0) is 31.4 Å². The monoisotopic (exact) mass is 269 g/mol. The maximum Gasteiger partial charge on any atom is 0.0588 e. The van der Waals surface area contributed by atoms with Gasteiger partial charge in [-0.25, -0.2) is 0 Å². The Balaban J connectivity index is 1.99. The molecule has 0 spiro atoms. The first-order valence-electron chi connectivity index (χ1n) is 7.16. The zero-order valence-electron chi connectivity index (χ0n) is 12.2. The first-order chi connectivity index (χ1) is 9.69. The minimum Gasteiger partial charge on any atom is -0.395 e. The lowest BCUT2D eigenvalue weighted by Gasteiger charge is -2.22. The highest BCUT2D eigenvalue weighted by Crippen LogP contribution is 2.15. The summed E-state index contributed by atoms with van der Waals surface area (Å²) in [4.78, 5) is 0. The summed E-state index contributed by atoms with van der Waals surface area (Å²) < 4.78 is 0. The topological polar surface area (TPSA) is 32.3 Å². The van der Waals surface area contributed by atoms with Crippen molar-refractivity contribution in [2.24, 2.45) is 0 Å². The number of aryl methyl sites for hydroxylation is 1. The Morgan fingerprint density at radius 1 is 1.05 bits per heavy atom. The number of aliphatic hydroxyl groups is 1. The van der Waals surface area contributed by atoms with Gasteiger partial charge in [0.2, 0.25) is 0 Å². The van der Waals surface area contributed by atoms with Crippen molar-refractivity contribution < 1.29 is 5.11 Å². The van der Waals surface area contributed by atoms with Gasteiger partial charge in [0.25, 0.3) is 0 Å². The van der Waals surface area contributed by atoms with Crippen molar-refractivity contribution in [1.82, 2.24) is 5.32 Å². The smallest absolute Gasteiger partial charge is 0.0588 e. The van der Waals surface area contributed by atoms with E-state index in [4.69, 9.17) is 0 Å². The van der Waals surface area contributed by atoms with Crippen LogP contribution in [0.2, 0.25) is 0 Å². The summed E-state index contributed by atoms with van der Waals surface area (Å²) in [6, 6.07) is 19.1. The van der Waals surface area contributed by atoms with Gasteiger partial charge in [-0.15, -0.1) is 0 Å². The van der Waals surface area contributed by atoms with Crippen LogP contribution in [0.5, 0.6) is 0 Å². The molecule has 0 bridgehead atoms. The van der Waals surface area contributed by atoms with Gasteiger partial charge < -0.3 is 10.4 Å². The zero-order valence-corrected chi connectivity index (χ0v) is 12.2. The second-order valence-electron chi connectivity index (χ2n) is 5.37. The molecule has 0 saturated heterocycles. The van der Waals surface area contributed by atoms with Gasteiger partial charge in [0.1, 0.15) is 0 Å². The second kappa shape index (κ2) is 7.22. The van der Waals surface area contributed by atoms with E-state index < -0.39 is 0 Å². The number of rotatable bonds is 6. The molecule has 2 nitrogen and oxygen atoms in total. The molecular formula is C18H23NO. The van der Waals surface area contributed by atoms with Crippen LogP contribution in [0, 0.1) is 6.92 Å². The average Bonchev–Trinajstić information content (AvgIpc) is 2.47. The SMILES string of the molecule is Cc1cccc(C(C)N[C@H](CO)Cc2ccccc2)c1. The van der Waals surface area contributed by atoms with Gasteiger partial charge in [-0.1, -0.05) is 60.2 Å². The second-order valence-corrected chi connectivity index (χ2v) is 5.37. The zero-order chi connectivity index (χ0) is 14.4. The third-order valence-electron chi connectivity index (χ3n) is 3.57. The third-order valence-corrected chi connectivity index (χ3v) is 3.57. The molecule has 0 amide bonds. The highest BCUT2D eigenvalue weighted by molar-refractivity contribution is 5.25. The fraction of sp³-hybridized carbons (Fsp3) is 0.333. The normalized spacial score (nSPS) is 13.9. The van der Waals surface area contributed by atoms with Crippen LogP contribution >= 0.6 is 0 Å². The lowest BCUT2D eigenvalue weighted by Crippen LogP contribution is -2.36. The molecule has 106 valence electrons. The fourth-order valence-corrected chi connectivity index (χ4v) is 2.46. The van der Waals surface area contributed by atoms with Gasteiger partial charge >= 0.3 is 0 Å². The van der Waals surface area contributed by atoms with Crippen LogP contribution in [0.4, 0.5) is 0 Å². The predicted octanol–water partition coefficient (Wildman–Crippen LogP) is 3.25. The first-order valence-corrected chi connectivity index (χ1v) is 7.16. The standard InChI is InChI=1S/C18H23NO/c1-14-7-6-10-17(11-14)15(2)19-18(13-20)12-16-8-4-3-5-9-16/h3-11,15,18-20H,12-13H2,1-2H3/t15?,18-/m0/s1. The summed E-state index contributed by atoms with van der Waals surface area (Å²) in [7, 11) is 0. The molecule has 20 heavy (non-hydrogen) atoms. The first kappa shape index (κ1) is 14.8. The molecule has 0 radical (unpaired) electrons. The molecule has 0 fully saturated rings. The van der Waals surface area contributed by atoms with Crippen molar-refractivity contribution in [1.29, 1.82) is 0 Å². The number of aliphatic hydroxyl groups excluding tert-OH is 1. The van der Waals surface area contributed by atoms with E-state index in [1.165, 1.54) is 16.7 Å². The third kappa shape index (κ3) is 4.19. The molecular weight excluding hydrogens is 246 g/mol. The van der Waals surface area contributed by atoms with Gasteiger partial charge in [0.15, 0.2) is 0 Å². The van der Waals surface area contributed by atoms with E-state index in [0.717, 1.165) is 6.42 Å². The van der Waals surface area contributed by atoms with E-state index in [-0.39, 0.29) is 18.7 Å². The Hall–Kier alpha value is -1.64. The lowest BCUT2D eigenvalue weighted by molar-refractivity contribution is 0.232. The van der Waals surface area contributed by atoms with Crippen molar-refractivity contribution in [2.45, 2.75) is 32.4 Å². The molecule has 2 aromatic rings. The molecule has 0 heterocycles. The van der Waals surface area contributed by atoms with Gasteiger partial charge in [0, 0.05) is 12.1 Å². The van der Waals surface area contributed by atoms with Crippen LogP contribution in [0.3, 0.4) is 0 Å². The molecule has 0 saturated carbocycles. The molecule has 0 aromatic heterocycles. The minimum atomic E-state index is 0.0768. The summed E-state index contributed by atoms with van der Waals surface area (Å²) in [5.41, 5.74) is 3.77. The van der Waals surface area contributed by atoms with Crippen LogP contribution in [0.1, 0.15) is 29.7 Å². The van der Waals surface area contributed by atoms with Crippen molar-refractivity contribution in [3.63, 3.8) is 0 Å². The fourth-order valence-electron chi connectivity index (χ4n) is 2.46. The summed E-state index contributed by atoms with van der Waals surface area (Å²) in [5, 5.41) is 13.1. The number of hydrogen-bond acceptors (Lipinski definition) is 2. The van der Waals surface area contributed by atoms with Gasteiger partial charge in [-0.2, -0.15) is 0 Å². The molecule has 2 N–H and O–H groups in total. The van der Waals surface area contributed by atoms with Crippen LogP contribution in [0.25, 0.3) is 0 Å². The lowest BCUT2D eigenvalue weighted by atomic mass is 10.0. The van der Waals surface area contributed by atoms with E-state index in [1.54, 1.807) is 0 Å². The molecule has 2 heteroatoms. The summed E-state index contributed by atoms with van der Waals surface area (Å²) in [6.45, 7) is 4.39. The number of hydrogen-bond donors (Lipinski definition) is 2. The maximum atomic E-state index is 9.58. The predicted molar refractivity (Wildman–Crippen MR) is 83.7 cm³/mol. The van der Waals surface area contributed by atoms with E-state index in [0.29, 0.717) is 0 Å². The number of nitrogens with one attached hydrogen (secondary N) is 1. The number of benzene rings is 2. The Bertz CT molecular complexity index is 524. The van der Waals surface area contributed by atoms with Crippen LogP contribution in [0.15, 0.2) is 54.6 Å². The largest absolute Gasteiger partial charge is 0.395 e. The Kier molecular flexibility index (Phi) is 5.33. The van der Waals surface area contributed by atoms with Crippen molar-refractivity contribution >= 4 is 0 Å². The molecule has 0 aliphatic heterocycles. The van der Waals surface area contributed by atoms with Crippen LogP contribution < -0.4 is 5.32 Å². The van der Waals surface area contributed by atoms with Crippen molar-refractivity contribution in [3.05, 3.63) is 71.3 Å². The quantitative estimate of drug-likeness (QED) is 0.843. The van der Waals surface area contributed by atoms with Gasteiger partial charge in [0.05, 0.1) is 6.61 Å². The van der Waals surface area contributed by atoms with E-state index >= 15 is 0 Å². The minimum absolute atomic E-state index is 0.0768. The molecule has 2 atom stereocenters. The van der Waals surface area contributed by atoms with Crippen molar-refractivity contribution in [3.8, 4) is 0 Å². The highest BCUT2D eigenvalue weighted by Gasteiger charge is 2.13. The van der Waals surface area contributed by atoms with Crippen molar-refractivity contribution in [2.75, 3.05) is 6.61 Å². The Morgan fingerprint density at radius 2 is 1.80 bits per heavy atom. The van der Waals surface area contributed by atoms with Gasteiger partial charge in [-0.3, -0.25) is 0 Å². The average molecular weight is 269 g/mol. The summed E-state index contributed by atoms with van der Waals surface area (Å²) >= 11 is 0. The molecule has 2 rings (SSSR count). The summed E-state index contributed by atoms with van der Waals surface area (Å²) in [6.07, 6.45) is 0.841. The molecule has 1 unspecified atom stereocenters.